The van der Waals surface area contributed by atoms with Crippen molar-refractivity contribution in [3.8, 4) is 11.5 Å². The summed E-state index contributed by atoms with van der Waals surface area (Å²) in [5.41, 5.74) is 4.29. The van der Waals surface area contributed by atoms with Gasteiger partial charge in [0.2, 0.25) is 0 Å². The standard InChI is InChI=1S/C54H54N6O5/c1-5-36(2)58-45-47(61)52(65-48(45)49(62)53(37-18-10-6-11-19-37,38-20-12-7-13-21-38)39-26-30-43(63-3)31-27-39)60-35-57-46-50(55-34-56-51(46)60)59-54(40-22-14-8-15-23-40,41-24-16-9-17-25-41)42-28-32-44(64-4)33-29-42/h6-36,45,47-49,52,58,61-62H,5H2,1-4H3,(H,55,56,59)/t36?,45-,47+,48-,49?,52+/m0/s1. The molecule has 11 nitrogen and oxygen atoms in total. The molecule has 1 aliphatic rings. The second kappa shape index (κ2) is 18.7. The molecule has 0 spiro atoms. The molecule has 6 aromatic carbocycles. The van der Waals surface area contributed by atoms with E-state index < -0.39 is 41.5 Å². The molecule has 4 N–H and O–H groups in total. The van der Waals surface area contributed by atoms with E-state index in [1.807, 2.05) is 133 Å². The van der Waals surface area contributed by atoms with Gasteiger partial charge in [-0.2, -0.15) is 0 Å². The van der Waals surface area contributed by atoms with Gasteiger partial charge in [-0.3, -0.25) is 4.57 Å². The Kier molecular flexibility index (Phi) is 12.5. The molecule has 0 saturated carbocycles. The van der Waals surface area contributed by atoms with Crippen LogP contribution in [0.4, 0.5) is 5.82 Å². The smallest absolute Gasteiger partial charge is 0.167 e. The van der Waals surface area contributed by atoms with Crippen LogP contribution in [0.3, 0.4) is 0 Å². The molecular weight excluding hydrogens is 813 g/mol. The summed E-state index contributed by atoms with van der Waals surface area (Å²) in [4.78, 5) is 14.5. The van der Waals surface area contributed by atoms with Crippen molar-refractivity contribution in [3.05, 3.63) is 216 Å². The number of hydrogen-bond donors (Lipinski definition) is 4. The predicted molar refractivity (Wildman–Crippen MR) is 253 cm³/mol. The first-order valence-corrected chi connectivity index (χ1v) is 22.1. The fraction of sp³-hybridized carbons (Fsp3) is 0.241. The van der Waals surface area contributed by atoms with Crippen molar-refractivity contribution in [2.24, 2.45) is 0 Å². The number of rotatable bonds is 16. The number of hydrogen-bond acceptors (Lipinski definition) is 10. The molecule has 330 valence electrons. The number of benzene rings is 6. The van der Waals surface area contributed by atoms with E-state index in [9.17, 15) is 10.2 Å². The Morgan fingerprint density at radius 1 is 0.646 bits per heavy atom. The van der Waals surface area contributed by atoms with E-state index in [0.717, 1.165) is 45.6 Å². The first-order valence-electron chi connectivity index (χ1n) is 22.1. The third-order valence-electron chi connectivity index (χ3n) is 13.0. The molecule has 11 heteroatoms. The summed E-state index contributed by atoms with van der Waals surface area (Å²) < 4.78 is 20.0. The molecule has 3 heterocycles. The van der Waals surface area contributed by atoms with E-state index >= 15 is 0 Å². The van der Waals surface area contributed by atoms with Crippen LogP contribution in [0.2, 0.25) is 0 Å². The van der Waals surface area contributed by atoms with Crippen LogP contribution in [-0.2, 0) is 15.7 Å². The van der Waals surface area contributed by atoms with Gasteiger partial charge in [0.05, 0.1) is 38.1 Å². The molecule has 6 atom stereocenters. The molecule has 0 aliphatic carbocycles. The molecule has 1 saturated heterocycles. The van der Waals surface area contributed by atoms with Gasteiger partial charge in [0.25, 0.3) is 0 Å². The van der Waals surface area contributed by atoms with Crippen molar-refractivity contribution in [2.75, 3.05) is 19.5 Å². The molecule has 1 fully saturated rings. The van der Waals surface area contributed by atoms with Crippen LogP contribution in [0, 0.1) is 0 Å². The lowest BCUT2D eigenvalue weighted by molar-refractivity contribution is -0.0879. The van der Waals surface area contributed by atoms with E-state index in [1.54, 1.807) is 25.1 Å². The quantitative estimate of drug-likeness (QED) is 0.0699. The maximum absolute atomic E-state index is 13.4. The zero-order valence-corrected chi connectivity index (χ0v) is 36.9. The third-order valence-corrected chi connectivity index (χ3v) is 13.0. The maximum Gasteiger partial charge on any atom is 0.167 e. The molecule has 8 aromatic rings. The molecular formula is C54H54N6O5. The Morgan fingerprint density at radius 3 is 1.60 bits per heavy atom. The van der Waals surface area contributed by atoms with Crippen molar-refractivity contribution in [1.29, 1.82) is 0 Å². The van der Waals surface area contributed by atoms with Crippen LogP contribution in [0.15, 0.2) is 183 Å². The lowest BCUT2D eigenvalue weighted by Crippen LogP contribution is -2.57. The van der Waals surface area contributed by atoms with Crippen molar-refractivity contribution >= 4 is 17.0 Å². The molecule has 2 aromatic heterocycles. The Morgan fingerprint density at radius 2 is 1.11 bits per heavy atom. The third kappa shape index (κ3) is 7.80. The average molecular weight is 867 g/mol. The van der Waals surface area contributed by atoms with E-state index in [4.69, 9.17) is 29.2 Å². The van der Waals surface area contributed by atoms with Gasteiger partial charge in [-0.05, 0) is 71.0 Å². The van der Waals surface area contributed by atoms with Gasteiger partial charge in [0, 0.05) is 6.04 Å². The van der Waals surface area contributed by atoms with E-state index in [2.05, 4.69) is 60.9 Å². The number of fused-ring (bicyclic) bond motifs is 1. The monoisotopic (exact) mass is 866 g/mol. The number of aromatic nitrogens is 4. The first-order chi connectivity index (χ1) is 31.8. The summed E-state index contributed by atoms with van der Waals surface area (Å²) in [7, 11) is 3.29. The Labute approximate surface area is 379 Å². The number of aliphatic hydroxyl groups is 2. The first kappa shape index (κ1) is 43.4. The van der Waals surface area contributed by atoms with Gasteiger partial charge in [0.1, 0.15) is 35.6 Å². The van der Waals surface area contributed by atoms with Gasteiger partial charge in [0.15, 0.2) is 23.2 Å². The van der Waals surface area contributed by atoms with Gasteiger partial charge in [-0.1, -0.05) is 153 Å². The summed E-state index contributed by atoms with van der Waals surface area (Å²) in [5.74, 6) is 1.90. The highest BCUT2D eigenvalue weighted by atomic mass is 16.5. The minimum absolute atomic E-state index is 0.0183. The van der Waals surface area contributed by atoms with Crippen LogP contribution in [0.5, 0.6) is 11.5 Å². The highest BCUT2D eigenvalue weighted by molar-refractivity contribution is 5.84. The summed E-state index contributed by atoms with van der Waals surface area (Å²) in [6.07, 6.45) is -0.392. The van der Waals surface area contributed by atoms with Crippen LogP contribution in [-0.4, -0.2) is 74.3 Å². The molecule has 1 aliphatic heterocycles. The number of nitrogens with zero attached hydrogens (tertiary/aromatic N) is 4. The Balaban J connectivity index is 1.17. The molecule has 2 unspecified atom stereocenters. The van der Waals surface area contributed by atoms with Crippen molar-refractivity contribution in [2.45, 2.75) is 67.8 Å². The van der Waals surface area contributed by atoms with Crippen LogP contribution in [0.25, 0.3) is 11.2 Å². The highest BCUT2D eigenvalue weighted by Gasteiger charge is 2.56. The van der Waals surface area contributed by atoms with Crippen molar-refractivity contribution < 1.29 is 24.4 Å². The minimum Gasteiger partial charge on any atom is -0.497 e. The Bertz CT molecular complexity index is 2700. The van der Waals surface area contributed by atoms with Crippen LogP contribution < -0.4 is 20.1 Å². The molecule has 9 rings (SSSR count). The number of ether oxygens (including phenoxy) is 3. The van der Waals surface area contributed by atoms with Gasteiger partial charge in [-0.15, -0.1) is 0 Å². The average Bonchev–Trinajstić information content (AvgIpc) is 3.95. The Hall–Kier alpha value is -6.89. The van der Waals surface area contributed by atoms with E-state index in [0.29, 0.717) is 22.7 Å². The zero-order chi connectivity index (χ0) is 45.0. The predicted octanol–water partition coefficient (Wildman–Crippen LogP) is 8.66. The van der Waals surface area contributed by atoms with Crippen molar-refractivity contribution in [1.82, 2.24) is 24.8 Å². The van der Waals surface area contributed by atoms with Crippen LogP contribution in [0.1, 0.15) is 59.9 Å². The van der Waals surface area contributed by atoms with E-state index in [-0.39, 0.29) is 6.04 Å². The van der Waals surface area contributed by atoms with Gasteiger partial charge in [-0.25, -0.2) is 15.0 Å². The molecule has 0 radical (unpaired) electrons. The largest absolute Gasteiger partial charge is 0.497 e. The fourth-order valence-corrected chi connectivity index (χ4v) is 9.59. The summed E-state index contributed by atoms with van der Waals surface area (Å²) in [6, 6.07) is 55.5. The van der Waals surface area contributed by atoms with Crippen molar-refractivity contribution in [3.63, 3.8) is 0 Å². The number of nitrogens with one attached hydrogen (secondary N) is 2. The number of methoxy groups -OCH3 is 2. The normalized spacial score (nSPS) is 18.6. The highest BCUT2D eigenvalue weighted by Crippen LogP contribution is 2.48. The van der Waals surface area contributed by atoms with E-state index in [1.165, 1.54) is 6.33 Å². The number of imidazole rings is 1. The molecule has 65 heavy (non-hydrogen) atoms. The summed E-state index contributed by atoms with van der Waals surface area (Å²) in [6.45, 7) is 4.16. The topological polar surface area (TPSA) is 136 Å². The molecule has 0 bridgehead atoms. The lowest BCUT2D eigenvalue weighted by Gasteiger charge is -2.43. The fourth-order valence-electron chi connectivity index (χ4n) is 9.59. The van der Waals surface area contributed by atoms with Gasteiger partial charge >= 0.3 is 0 Å². The SMILES string of the molecule is CCC(C)N[C@H]1[C@@H](O)[C@H](n2cnc3c(NC(c4ccccc4)(c4ccccc4)c4ccc(OC)cc4)ncnc32)O[C@@H]1C(O)C(c1ccccc1)(c1ccccc1)c1ccc(OC)cc1. The minimum atomic E-state index is -1.23. The zero-order valence-electron chi connectivity index (χ0n) is 36.9. The summed E-state index contributed by atoms with van der Waals surface area (Å²) in [5, 5.41) is 33.5. The van der Waals surface area contributed by atoms with Gasteiger partial charge < -0.3 is 35.1 Å². The summed E-state index contributed by atoms with van der Waals surface area (Å²) >= 11 is 0. The number of anilines is 1. The van der Waals surface area contributed by atoms with Crippen LogP contribution >= 0.6 is 0 Å². The second-order valence-electron chi connectivity index (χ2n) is 16.6. The maximum atomic E-state index is 13.4. The lowest BCUT2D eigenvalue weighted by atomic mass is 9.64. The molecule has 0 amide bonds. The number of aliphatic hydroxyl groups excluding tert-OH is 2. The second-order valence-corrected chi connectivity index (χ2v) is 16.6.